The van der Waals surface area contributed by atoms with Gasteiger partial charge in [-0.05, 0) is 51.7 Å². The van der Waals surface area contributed by atoms with E-state index in [9.17, 15) is 9.90 Å². The van der Waals surface area contributed by atoms with Crippen LogP contribution in [0.5, 0.6) is 0 Å². The maximum Gasteiger partial charge on any atom is 0.330 e. The second kappa shape index (κ2) is 10.9. The van der Waals surface area contributed by atoms with Crippen molar-refractivity contribution < 1.29 is 28.5 Å². The average molecular weight is 417 g/mol. The van der Waals surface area contributed by atoms with E-state index in [0.29, 0.717) is 19.4 Å². The van der Waals surface area contributed by atoms with Crippen LogP contribution in [0.3, 0.4) is 0 Å². The van der Waals surface area contributed by atoms with Gasteiger partial charge in [-0.3, -0.25) is 0 Å². The average Bonchev–Trinajstić information content (AvgIpc) is 2.55. The molecule has 1 fully saturated rings. The Labute approximate surface area is 171 Å². The number of esters is 1. The molecule has 1 heterocycles. The topological polar surface area (TPSA) is 74.2 Å². The summed E-state index contributed by atoms with van der Waals surface area (Å²) < 4.78 is 23.1. The molecular weight excluding hydrogens is 376 g/mol. The first-order chi connectivity index (χ1) is 12.9. The Morgan fingerprint density at radius 3 is 2.57 bits per heavy atom. The molecule has 1 N–H and O–H groups in total. The van der Waals surface area contributed by atoms with Crippen molar-refractivity contribution in [2.75, 3.05) is 6.61 Å². The number of carbonyl (C=O) groups excluding carboxylic acids is 1. The van der Waals surface area contributed by atoms with E-state index < -0.39 is 20.7 Å². The number of hydrogen-bond acceptors (Lipinski definition) is 6. The van der Waals surface area contributed by atoms with Gasteiger partial charge in [0.1, 0.15) is 6.10 Å². The van der Waals surface area contributed by atoms with Crippen LogP contribution in [0.25, 0.3) is 0 Å². The third-order valence-electron chi connectivity index (χ3n) is 5.56. The molecule has 0 aromatic heterocycles. The Morgan fingerprint density at radius 2 is 2.00 bits per heavy atom. The van der Waals surface area contributed by atoms with Gasteiger partial charge in [-0.25, -0.2) is 4.79 Å². The minimum Gasteiger partial charge on any atom is -0.463 e. The van der Waals surface area contributed by atoms with Crippen LogP contribution in [0.4, 0.5) is 0 Å². The third kappa shape index (κ3) is 7.95. The minimum atomic E-state index is -1.93. The summed E-state index contributed by atoms with van der Waals surface area (Å²) in [5.74, 6) is -0.330. The Hall–Kier alpha value is -0.733. The van der Waals surface area contributed by atoms with Crippen LogP contribution in [-0.2, 0) is 23.4 Å². The molecule has 0 amide bonds. The van der Waals surface area contributed by atoms with E-state index in [-0.39, 0.29) is 29.3 Å². The fraction of sp³-hybridized carbons (Fsp3) is 0.857. The molecule has 0 aromatic rings. The van der Waals surface area contributed by atoms with Crippen molar-refractivity contribution in [3.05, 3.63) is 12.2 Å². The second-order valence-corrected chi connectivity index (χ2v) is 13.9. The predicted molar refractivity (Wildman–Crippen MR) is 113 cm³/mol. The Balaban J connectivity index is 2.48. The number of aliphatic hydroxyl groups excluding tert-OH is 1. The second-order valence-electron chi connectivity index (χ2n) is 9.11. The van der Waals surface area contributed by atoms with Gasteiger partial charge in [0.2, 0.25) is 0 Å². The van der Waals surface area contributed by atoms with E-state index >= 15 is 0 Å². The summed E-state index contributed by atoms with van der Waals surface area (Å²) in [5, 5.41) is 10.6. The summed E-state index contributed by atoms with van der Waals surface area (Å²) in [6.07, 6.45) is 3.40. The van der Waals surface area contributed by atoms with E-state index in [2.05, 4.69) is 33.9 Å². The Kier molecular flexibility index (Phi) is 9.83. The van der Waals surface area contributed by atoms with Crippen molar-refractivity contribution in [2.45, 2.75) is 110 Å². The number of hydrogen-bond donors (Lipinski definition) is 1. The number of rotatable bonds is 9. The van der Waals surface area contributed by atoms with Crippen LogP contribution in [0.15, 0.2) is 12.2 Å². The summed E-state index contributed by atoms with van der Waals surface area (Å²) in [6.45, 7) is 17.1. The zero-order valence-electron chi connectivity index (χ0n) is 18.9. The van der Waals surface area contributed by atoms with Crippen molar-refractivity contribution in [3.63, 3.8) is 0 Å². The van der Waals surface area contributed by atoms with Crippen molar-refractivity contribution in [2.24, 2.45) is 0 Å². The summed E-state index contributed by atoms with van der Waals surface area (Å²) in [6, 6.07) is 0. The molecule has 1 rings (SSSR count). The molecule has 1 unspecified atom stereocenters. The molecule has 28 heavy (non-hydrogen) atoms. The van der Waals surface area contributed by atoms with Crippen molar-refractivity contribution in [1.29, 1.82) is 0 Å². The third-order valence-corrected chi connectivity index (χ3v) is 10.1. The molecule has 6 nitrogen and oxygen atoms in total. The molecular formula is C21H40O6Si. The molecule has 0 radical (unpaired) electrons. The van der Waals surface area contributed by atoms with Crippen LogP contribution in [0.1, 0.15) is 60.8 Å². The van der Waals surface area contributed by atoms with Gasteiger partial charge in [-0.2, -0.15) is 0 Å². The number of carbonyl (C=O) groups is 1. The molecule has 5 atom stereocenters. The first kappa shape index (κ1) is 25.3. The normalized spacial score (nSPS) is 27.8. The van der Waals surface area contributed by atoms with Gasteiger partial charge >= 0.3 is 5.97 Å². The highest BCUT2D eigenvalue weighted by molar-refractivity contribution is 6.74. The van der Waals surface area contributed by atoms with Gasteiger partial charge in [-0.1, -0.05) is 26.8 Å². The Morgan fingerprint density at radius 1 is 1.36 bits per heavy atom. The lowest BCUT2D eigenvalue weighted by Gasteiger charge is -2.45. The van der Waals surface area contributed by atoms with Gasteiger partial charge in [0.15, 0.2) is 14.6 Å². The van der Waals surface area contributed by atoms with Gasteiger partial charge in [0.25, 0.3) is 0 Å². The summed E-state index contributed by atoms with van der Waals surface area (Å²) in [5.41, 5.74) is 0. The highest BCUT2D eigenvalue weighted by Crippen LogP contribution is 2.39. The highest BCUT2D eigenvalue weighted by atomic mass is 28.4. The molecule has 1 saturated heterocycles. The standard InChI is InChI=1S/C21H40O6Si/c1-9-24-19(23)13-11-10-12-15(2)25-20-17(22)14-18(16(3)26-20)27-28(7,8)21(4,5)6/h11,13,15-18,20,22H,9-10,12,14H2,1-8H3/b13-11-/t15-,16+,17-,18?,20-/m1/s1. The Bertz CT molecular complexity index is 514. The number of allylic oxidation sites excluding steroid dienone is 1. The molecule has 164 valence electrons. The predicted octanol–water partition coefficient (Wildman–Crippen LogP) is 4.18. The van der Waals surface area contributed by atoms with Gasteiger partial charge in [-0.15, -0.1) is 0 Å². The molecule has 0 aliphatic carbocycles. The quantitative estimate of drug-likeness (QED) is 0.345. The number of ether oxygens (including phenoxy) is 3. The minimum absolute atomic E-state index is 0.100. The van der Waals surface area contributed by atoms with E-state index in [4.69, 9.17) is 18.6 Å². The SMILES string of the molecule is CCOC(=O)/C=C\CC[C@@H](C)O[C@@H]1O[C@@H](C)C(O[Si](C)(C)C(C)(C)C)C[C@H]1O. The van der Waals surface area contributed by atoms with Crippen molar-refractivity contribution in [3.8, 4) is 0 Å². The molecule has 0 aromatic carbocycles. The largest absolute Gasteiger partial charge is 0.463 e. The zero-order chi connectivity index (χ0) is 21.5. The molecule has 0 bridgehead atoms. The smallest absolute Gasteiger partial charge is 0.330 e. The lowest BCUT2D eigenvalue weighted by molar-refractivity contribution is -0.271. The molecule has 0 spiro atoms. The van der Waals surface area contributed by atoms with Crippen molar-refractivity contribution >= 4 is 14.3 Å². The lowest BCUT2D eigenvalue weighted by atomic mass is 10.0. The fourth-order valence-electron chi connectivity index (χ4n) is 2.75. The first-order valence-electron chi connectivity index (χ1n) is 10.4. The van der Waals surface area contributed by atoms with Crippen LogP contribution in [0.2, 0.25) is 18.1 Å². The van der Waals surface area contributed by atoms with Crippen LogP contribution in [0, 0.1) is 0 Å². The van der Waals surface area contributed by atoms with Gasteiger partial charge in [0.05, 0.1) is 24.9 Å². The van der Waals surface area contributed by atoms with E-state index in [1.807, 2.05) is 13.8 Å². The van der Waals surface area contributed by atoms with Crippen LogP contribution in [-0.4, -0.2) is 56.7 Å². The summed E-state index contributed by atoms with van der Waals surface area (Å²) in [7, 11) is -1.93. The molecule has 1 aliphatic heterocycles. The van der Waals surface area contributed by atoms with Crippen molar-refractivity contribution in [1.82, 2.24) is 0 Å². The van der Waals surface area contributed by atoms with Gasteiger partial charge in [0, 0.05) is 12.5 Å². The summed E-state index contributed by atoms with van der Waals surface area (Å²) >= 11 is 0. The van der Waals surface area contributed by atoms with Crippen LogP contribution >= 0.6 is 0 Å². The monoisotopic (exact) mass is 416 g/mol. The zero-order valence-corrected chi connectivity index (χ0v) is 19.9. The first-order valence-corrected chi connectivity index (χ1v) is 13.3. The number of aliphatic hydroxyl groups is 1. The summed E-state index contributed by atoms with van der Waals surface area (Å²) in [4.78, 5) is 11.3. The molecule has 1 aliphatic rings. The van der Waals surface area contributed by atoms with Crippen LogP contribution < -0.4 is 0 Å². The fourth-order valence-corrected chi connectivity index (χ4v) is 4.15. The van der Waals surface area contributed by atoms with Gasteiger partial charge < -0.3 is 23.7 Å². The highest BCUT2D eigenvalue weighted by Gasteiger charge is 2.44. The molecule has 0 saturated carbocycles. The maximum absolute atomic E-state index is 11.3. The lowest BCUT2D eigenvalue weighted by Crippen LogP contribution is -2.54. The molecule has 7 heteroatoms. The van der Waals surface area contributed by atoms with E-state index in [0.717, 1.165) is 6.42 Å². The van der Waals surface area contributed by atoms with E-state index in [1.165, 1.54) is 6.08 Å². The van der Waals surface area contributed by atoms with E-state index in [1.54, 1.807) is 13.0 Å². The maximum atomic E-state index is 11.3.